The Balaban J connectivity index is 0.00000237. The fourth-order valence-electron chi connectivity index (χ4n) is 4.56. The normalized spacial score (nSPS) is 15.7. The molecule has 3 aromatic rings. The number of ether oxygens (including phenoxy) is 3. The first-order valence-electron chi connectivity index (χ1n) is 14.2. The van der Waals surface area contributed by atoms with Crippen molar-refractivity contribution in [2.24, 2.45) is 0 Å². The highest BCUT2D eigenvalue weighted by Gasteiger charge is 2.47. The number of benzene rings is 3. The van der Waals surface area contributed by atoms with Crippen LogP contribution in [0.3, 0.4) is 0 Å². The second-order valence-corrected chi connectivity index (χ2v) is 9.61. The minimum absolute atomic E-state index is 0.366. The number of methoxy groups -OCH3 is 1. The third-order valence-electron chi connectivity index (χ3n) is 6.78. The van der Waals surface area contributed by atoms with Gasteiger partial charge in [-0.25, -0.2) is 9.69 Å². The molecule has 9 heteroatoms. The lowest BCUT2D eigenvalue weighted by molar-refractivity contribution is -0.134. The largest absolute Gasteiger partial charge is 0.491 e. The van der Waals surface area contributed by atoms with Crippen LogP contribution in [-0.2, 0) is 19.1 Å². The third kappa shape index (κ3) is 8.41. The van der Waals surface area contributed by atoms with Crippen LogP contribution >= 0.6 is 0 Å². The zero-order chi connectivity index (χ0) is 30.5. The summed E-state index contributed by atoms with van der Waals surface area (Å²) < 4.78 is 16.0. The Morgan fingerprint density at radius 2 is 1.55 bits per heavy atom. The van der Waals surface area contributed by atoms with Gasteiger partial charge >= 0.3 is 6.03 Å². The molecule has 2 N–H and O–H groups in total. The van der Waals surface area contributed by atoms with E-state index in [0.29, 0.717) is 43.4 Å². The standard InChI is InChI=1S/C31H35N3O6.C2H6/c1-21-9-13-25(14-10-21)32-29(35)28(22(2)23-7-5-4-6-8-23)34-30(36)27(33-31(34)37)24-11-15-26(16-12-24)40-20-19-39-18-17-38-3;1-2/h4-16,22,27-28H,17-20H2,1-3H3,(H,32,35)(H,33,37);1-2H3/t22?,27-,28?;/m1./s1. The number of hydrogen-bond acceptors (Lipinski definition) is 6. The Hall–Kier alpha value is -4.21. The quantitative estimate of drug-likeness (QED) is 0.207. The maximum atomic E-state index is 13.7. The summed E-state index contributed by atoms with van der Waals surface area (Å²) in [4.78, 5) is 41.6. The lowest BCUT2D eigenvalue weighted by atomic mass is 9.91. The molecule has 3 atom stereocenters. The molecule has 42 heavy (non-hydrogen) atoms. The fourth-order valence-corrected chi connectivity index (χ4v) is 4.56. The summed E-state index contributed by atoms with van der Waals surface area (Å²) in [6.07, 6.45) is 0. The monoisotopic (exact) mass is 575 g/mol. The van der Waals surface area contributed by atoms with Crippen LogP contribution in [0.1, 0.15) is 49.4 Å². The van der Waals surface area contributed by atoms with E-state index in [-0.39, 0.29) is 0 Å². The molecular weight excluding hydrogens is 534 g/mol. The maximum absolute atomic E-state index is 13.7. The molecule has 224 valence electrons. The molecule has 0 saturated carbocycles. The summed E-state index contributed by atoms with van der Waals surface area (Å²) in [5.41, 5.74) is 3.07. The Morgan fingerprint density at radius 3 is 2.19 bits per heavy atom. The number of carbonyl (C=O) groups is 3. The van der Waals surface area contributed by atoms with Crippen LogP contribution in [0.5, 0.6) is 5.75 Å². The average Bonchev–Trinajstić information content (AvgIpc) is 3.31. The minimum atomic E-state index is -1.07. The van der Waals surface area contributed by atoms with E-state index in [1.807, 2.05) is 70.2 Å². The van der Waals surface area contributed by atoms with Gasteiger partial charge in [0.1, 0.15) is 24.4 Å². The van der Waals surface area contributed by atoms with Crippen molar-refractivity contribution in [1.29, 1.82) is 0 Å². The topological polar surface area (TPSA) is 106 Å². The highest BCUT2D eigenvalue weighted by atomic mass is 16.5. The predicted octanol–water partition coefficient (Wildman–Crippen LogP) is 5.47. The first-order chi connectivity index (χ1) is 20.4. The van der Waals surface area contributed by atoms with E-state index in [2.05, 4.69) is 10.6 Å². The van der Waals surface area contributed by atoms with E-state index in [9.17, 15) is 14.4 Å². The van der Waals surface area contributed by atoms with Crippen LogP contribution in [0, 0.1) is 6.92 Å². The SMILES string of the molecule is CC.COCCOCCOc1ccc([C@H]2NC(=O)N(C(C(=O)Nc3ccc(C)cc3)C(C)c3ccccc3)C2=O)cc1. The molecule has 0 spiro atoms. The zero-order valence-electron chi connectivity index (χ0n) is 25.0. The zero-order valence-corrected chi connectivity index (χ0v) is 25.0. The fraction of sp³-hybridized carbons (Fsp3) is 0.364. The number of carbonyl (C=O) groups excluding carboxylic acids is 3. The number of aryl methyl sites for hydroxylation is 1. The van der Waals surface area contributed by atoms with Gasteiger partial charge in [-0.15, -0.1) is 0 Å². The number of imide groups is 1. The van der Waals surface area contributed by atoms with Crippen molar-refractivity contribution in [3.8, 4) is 5.75 Å². The highest BCUT2D eigenvalue weighted by molar-refractivity contribution is 6.09. The van der Waals surface area contributed by atoms with E-state index in [4.69, 9.17) is 14.2 Å². The van der Waals surface area contributed by atoms with Gasteiger partial charge in [0.2, 0.25) is 5.91 Å². The van der Waals surface area contributed by atoms with Gasteiger partial charge in [-0.2, -0.15) is 0 Å². The number of nitrogens with zero attached hydrogens (tertiary/aromatic N) is 1. The molecule has 0 aromatic heterocycles. The highest BCUT2D eigenvalue weighted by Crippen LogP contribution is 2.31. The van der Waals surface area contributed by atoms with Crippen molar-refractivity contribution < 1.29 is 28.6 Å². The van der Waals surface area contributed by atoms with Crippen LogP contribution in [0.4, 0.5) is 10.5 Å². The molecular formula is C33H41N3O6. The molecule has 1 heterocycles. The molecule has 1 saturated heterocycles. The van der Waals surface area contributed by atoms with Crippen molar-refractivity contribution >= 4 is 23.5 Å². The molecule has 3 aromatic carbocycles. The van der Waals surface area contributed by atoms with Crippen LogP contribution in [-0.4, -0.2) is 62.3 Å². The van der Waals surface area contributed by atoms with Crippen molar-refractivity contribution in [2.45, 2.75) is 45.7 Å². The lowest BCUT2D eigenvalue weighted by Gasteiger charge is -2.30. The second-order valence-electron chi connectivity index (χ2n) is 9.61. The number of amides is 4. The van der Waals surface area contributed by atoms with Crippen molar-refractivity contribution in [2.75, 3.05) is 38.9 Å². The molecule has 1 fully saturated rings. The van der Waals surface area contributed by atoms with E-state index in [1.54, 1.807) is 43.5 Å². The van der Waals surface area contributed by atoms with E-state index < -0.39 is 35.8 Å². The van der Waals surface area contributed by atoms with Crippen molar-refractivity contribution in [1.82, 2.24) is 10.2 Å². The van der Waals surface area contributed by atoms with Gasteiger partial charge in [-0.3, -0.25) is 9.59 Å². The van der Waals surface area contributed by atoms with Crippen molar-refractivity contribution in [3.63, 3.8) is 0 Å². The number of nitrogens with one attached hydrogen (secondary N) is 2. The van der Waals surface area contributed by atoms with Gasteiger partial charge < -0.3 is 24.8 Å². The first kappa shape index (κ1) is 32.3. The predicted molar refractivity (Wildman–Crippen MR) is 163 cm³/mol. The van der Waals surface area contributed by atoms with E-state index in [0.717, 1.165) is 16.0 Å². The van der Waals surface area contributed by atoms with Crippen LogP contribution in [0.25, 0.3) is 0 Å². The summed E-state index contributed by atoms with van der Waals surface area (Å²) in [6, 6.07) is 21.1. The first-order valence-corrected chi connectivity index (χ1v) is 14.2. The summed E-state index contributed by atoms with van der Waals surface area (Å²) in [7, 11) is 1.61. The summed E-state index contributed by atoms with van der Waals surface area (Å²) >= 11 is 0. The summed E-state index contributed by atoms with van der Waals surface area (Å²) in [5, 5.41) is 5.65. The van der Waals surface area contributed by atoms with Gasteiger partial charge in [0.05, 0.1) is 19.8 Å². The summed E-state index contributed by atoms with van der Waals surface area (Å²) in [5.74, 6) is -0.777. The van der Waals surface area contributed by atoms with E-state index in [1.165, 1.54) is 0 Å². The Morgan fingerprint density at radius 1 is 0.905 bits per heavy atom. The minimum Gasteiger partial charge on any atom is -0.491 e. The van der Waals surface area contributed by atoms with Crippen LogP contribution in [0.15, 0.2) is 78.9 Å². The van der Waals surface area contributed by atoms with Gasteiger partial charge in [-0.05, 0) is 42.3 Å². The van der Waals surface area contributed by atoms with Crippen molar-refractivity contribution in [3.05, 3.63) is 95.6 Å². The van der Waals surface area contributed by atoms with Gasteiger partial charge in [-0.1, -0.05) is 80.9 Å². The molecule has 1 aliphatic rings. The summed E-state index contributed by atoms with van der Waals surface area (Å²) in [6.45, 7) is 9.59. The van der Waals surface area contributed by atoms with Crippen LogP contribution < -0.4 is 15.4 Å². The third-order valence-corrected chi connectivity index (χ3v) is 6.78. The molecule has 1 aliphatic heterocycles. The Labute approximate surface area is 248 Å². The average molecular weight is 576 g/mol. The van der Waals surface area contributed by atoms with Gasteiger partial charge in [0.15, 0.2) is 0 Å². The van der Waals surface area contributed by atoms with Gasteiger partial charge in [0, 0.05) is 18.7 Å². The lowest BCUT2D eigenvalue weighted by Crippen LogP contribution is -2.50. The van der Waals surface area contributed by atoms with Gasteiger partial charge in [0.25, 0.3) is 5.91 Å². The number of urea groups is 1. The second kappa shape index (κ2) is 16.3. The molecule has 2 unspecified atom stereocenters. The maximum Gasteiger partial charge on any atom is 0.325 e. The number of hydrogen-bond donors (Lipinski definition) is 2. The number of anilines is 1. The molecule has 0 bridgehead atoms. The van der Waals surface area contributed by atoms with E-state index >= 15 is 0 Å². The molecule has 9 nitrogen and oxygen atoms in total. The smallest absolute Gasteiger partial charge is 0.325 e. The Kier molecular flexibility index (Phi) is 12.5. The molecule has 4 amide bonds. The van der Waals surface area contributed by atoms with Crippen LogP contribution in [0.2, 0.25) is 0 Å². The Bertz CT molecular complexity index is 1280. The molecule has 0 aliphatic carbocycles. The number of rotatable bonds is 13. The molecule has 4 rings (SSSR count). The molecule has 0 radical (unpaired) electrons.